The van der Waals surface area contributed by atoms with E-state index in [0.29, 0.717) is 66.1 Å². The van der Waals surface area contributed by atoms with Gasteiger partial charge in [-0.3, -0.25) is 0 Å². The van der Waals surface area contributed by atoms with Crippen LogP contribution >= 0.6 is 0 Å². The maximum absolute atomic E-state index is 6.97. The molecule has 0 saturated carbocycles. The summed E-state index contributed by atoms with van der Waals surface area (Å²) in [6.45, 7) is 28.5. The van der Waals surface area contributed by atoms with Crippen molar-refractivity contribution in [3.05, 3.63) is 69.8 Å². The smallest absolute Gasteiger partial charge is 0.187 e. The molecule has 2 aliphatic heterocycles. The van der Waals surface area contributed by atoms with E-state index >= 15 is 0 Å². The first-order chi connectivity index (χ1) is 44.9. The number of rotatable bonds is 54. The number of benzene rings is 3. The van der Waals surface area contributed by atoms with Crippen molar-refractivity contribution in [3.8, 4) is 34.5 Å². The molecule has 0 spiro atoms. The van der Waals surface area contributed by atoms with Crippen LogP contribution in [0, 0.1) is 10.8 Å². The Balaban J connectivity index is 1.64. The van der Waals surface area contributed by atoms with E-state index in [1.807, 2.05) is 0 Å². The summed E-state index contributed by atoms with van der Waals surface area (Å²) in [5.74, 6) is 4.77. The monoisotopic (exact) mass is 1280 g/mol. The normalized spacial score (nSPS) is 15.2. The molecule has 2 heterocycles. The molecule has 3 aromatic rings. The fourth-order valence-corrected chi connectivity index (χ4v) is 11.9. The van der Waals surface area contributed by atoms with Crippen molar-refractivity contribution in [2.24, 2.45) is 10.8 Å². The van der Waals surface area contributed by atoms with Crippen molar-refractivity contribution in [1.29, 1.82) is 0 Å². The second-order valence-electron chi connectivity index (χ2n) is 28.4. The van der Waals surface area contributed by atoms with Crippen LogP contribution in [0.4, 0.5) is 0 Å². The number of unbranched alkanes of at least 4 members (excludes halogenated alkanes) is 30. The first-order valence-electron chi connectivity index (χ1n) is 38.1. The van der Waals surface area contributed by atoms with Gasteiger partial charge in [-0.1, -0.05) is 286 Å². The van der Waals surface area contributed by atoms with Crippen LogP contribution in [0.2, 0.25) is 0 Å². The van der Waals surface area contributed by atoms with Gasteiger partial charge < -0.3 is 47.4 Å². The molecule has 0 amide bonds. The average Bonchev–Trinajstić information content (AvgIpc) is 0.851. The summed E-state index contributed by atoms with van der Waals surface area (Å²) in [7, 11) is 0. The van der Waals surface area contributed by atoms with Gasteiger partial charge in [0.25, 0.3) is 0 Å². The molecule has 2 aliphatic rings. The lowest BCUT2D eigenvalue weighted by Gasteiger charge is -2.35. The summed E-state index contributed by atoms with van der Waals surface area (Å²) in [5.41, 5.74) is 5.38. The van der Waals surface area contributed by atoms with Gasteiger partial charge in [-0.15, -0.1) is 0 Å². The van der Waals surface area contributed by atoms with Gasteiger partial charge in [0.2, 0.25) is 0 Å². The van der Waals surface area contributed by atoms with Crippen LogP contribution in [0.5, 0.6) is 34.5 Å². The van der Waals surface area contributed by atoms with Crippen molar-refractivity contribution in [2.75, 3.05) is 66.1 Å². The lowest BCUT2D eigenvalue weighted by atomic mass is 9.95. The zero-order valence-corrected chi connectivity index (χ0v) is 60.5. The summed E-state index contributed by atoms with van der Waals surface area (Å²) < 4.78 is 67.3. The van der Waals surface area contributed by atoms with E-state index in [1.54, 1.807) is 0 Å². The minimum Gasteiger partial charge on any atom is -0.493 e. The van der Waals surface area contributed by atoms with Crippen LogP contribution in [-0.2, 0) is 18.9 Å². The van der Waals surface area contributed by atoms with Crippen LogP contribution in [0.1, 0.15) is 346 Å². The van der Waals surface area contributed by atoms with Gasteiger partial charge in [0.05, 0.1) is 77.2 Å². The van der Waals surface area contributed by atoms with E-state index in [-0.39, 0.29) is 10.8 Å². The number of ether oxygens (including phenoxy) is 10. The van der Waals surface area contributed by atoms with Gasteiger partial charge in [-0.05, 0) is 74.9 Å². The molecule has 92 heavy (non-hydrogen) atoms. The second kappa shape index (κ2) is 47.6. The van der Waals surface area contributed by atoms with Gasteiger partial charge in [-0.25, -0.2) is 0 Å². The zero-order chi connectivity index (χ0) is 65.8. The minimum absolute atomic E-state index is 0.0773. The van der Waals surface area contributed by atoms with Crippen LogP contribution in [0.25, 0.3) is 24.3 Å². The van der Waals surface area contributed by atoms with Crippen molar-refractivity contribution < 1.29 is 47.4 Å². The third kappa shape index (κ3) is 31.6. The Morgan fingerprint density at radius 1 is 0.272 bits per heavy atom. The molecule has 0 aromatic heterocycles. The van der Waals surface area contributed by atoms with E-state index in [4.69, 9.17) is 47.4 Å². The van der Waals surface area contributed by atoms with Crippen molar-refractivity contribution in [2.45, 2.75) is 313 Å². The Labute approximate surface area is 563 Å². The Bertz CT molecular complexity index is 2250. The highest BCUT2D eigenvalue weighted by Crippen LogP contribution is 2.43. The van der Waals surface area contributed by atoms with E-state index in [2.05, 4.69) is 130 Å². The zero-order valence-electron chi connectivity index (χ0n) is 60.5. The molecule has 5 rings (SSSR count). The second-order valence-corrected chi connectivity index (χ2v) is 28.4. The average molecular weight is 1280 g/mol. The third-order valence-electron chi connectivity index (χ3n) is 17.9. The highest BCUT2D eigenvalue weighted by molar-refractivity contribution is 5.81. The van der Waals surface area contributed by atoms with Gasteiger partial charge in [-0.2, -0.15) is 0 Å². The molecule has 10 nitrogen and oxygen atoms in total. The Morgan fingerprint density at radius 3 is 0.685 bits per heavy atom. The highest BCUT2D eigenvalue weighted by atomic mass is 16.7. The molecule has 10 heteroatoms. The molecule has 0 atom stereocenters. The van der Waals surface area contributed by atoms with E-state index < -0.39 is 12.6 Å². The maximum Gasteiger partial charge on any atom is 0.187 e. The quantitative estimate of drug-likeness (QED) is 0.0402. The summed E-state index contributed by atoms with van der Waals surface area (Å²) in [5, 5.41) is 0. The maximum atomic E-state index is 6.97. The molecule has 0 radical (unpaired) electrons. The number of hydrogen-bond acceptors (Lipinski definition) is 10. The van der Waals surface area contributed by atoms with Crippen molar-refractivity contribution in [3.63, 3.8) is 0 Å². The lowest BCUT2D eigenvalue weighted by Crippen LogP contribution is -2.34. The van der Waals surface area contributed by atoms with E-state index in [9.17, 15) is 0 Å². The molecule has 3 aromatic carbocycles. The minimum atomic E-state index is -0.552. The molecule has 2 saturated heterocycles. The summed E-state index contributed by atoms with van der Waals surface area (Å²) >= 11 is 0. The Morgan fingerprint density at radius 2 is 0.457 bits per heavy atom. The van der Waals surface area contributed by atoms with Crippen molar-refractivity contribution in [1.82, 2.24) is 0 Å². The van der Waals surface area contributed by atoms with Crippen molar-refractivity contribution >= 4 is 24.3 Å². The highest BCUT2D eigenvalue weighted by Gasteiger charge is 2.33. The van der Waals surface area contributed by atoms with E-state index in [0.717, 1.165) is 145 Å². The topological polar surface area (TPSA) is 92.3 Å². The van der Waals surface area contributed by atoms with Crippen LogP contribution in [0.3, 0.4) is 0 Å². The SMILES string of the molecule is CCCCCCCCOc1cc(/C=C/c2cc(OCCCCCCCC)c(C3OCC(C)(C)CO3)cc2OCCCCCCCC)c(OCCCCCCCC)cc1/C=C/c1cc(OCCCCCCCC)c(C2OCC(C)(C)CO2)cc1OCCCCCCCC. The molecular weight excluding hydrogens is 1140 g/mol. The first kappa shape index (κ1) is 78.5. The fraction of sp³-hybridized carbons (Fsp3) is 0.732. The molecule has 0 aliphatic carbocycles. The van der Waals surface area contributed by atoms with E-state index in [1.165, 1.54) is 154 Å². The van der Waals surface area contributed by atoms with Crippen LogP contribution < -0.4 is 28.4 Å². The standard InChI is InChI=1S/C82H134O10/c1-11-17-23-29-35-41-51-83-73-57-68(48-50-70-60-78(88-56-46-40-34-28-22-16-6)72(80-91-65-82(9,10)66-92-80)62-76(70)86-54-44-38-32-26-20-14-4)74(84-52-42-36-30-24-18-12-2)58-67(73)47-49-69-59-77(87-55-45-39-33-27-21-15-5)71(79-89-63-81(7,8)64-90-79)61-75(69)85-53-43-37-31-25-19-13-3/h47-50,57-62,79-80H,11-46,51-56,63-66H2,1-10H3/b49-47+,50-48+. The Hall–Kier alpha value is -4.22. The first-order valence-corrected chi connectivity index (χ1v) is 38.1. The summed E-state index contributed by atoms with van der Waals surface area (Å²) in [6, 6.07) is 13.0. The molecule has 0 N–H and O–H groups in total. The van der Waals surface area contributed by atoms with Gasteiger partial charge in [0, 0.05) is 33.1 Å². The predicted octanol–water partition coefficient (Wildman–Crippen LogP) is 24.6. The molecular formula is C82H134O10. The van der Waals surface area contributed by atoms with Gasteiger partial charge in [0.1, 0.15) is 34.5 Å². The van der Waals surface area contributed by atoms with Gasteiger partial charge >= 0.3 is 0 Å². The summed E-state index contributed by atoms with van der Waals surface area (Å²) in [4.78, 5) is 0. The lowest BCUT2D eigenvalue weighted by molar-refractivity contribution is -0.226. The van der Waals surface area contributed by atoms with Gasteiger partial charge in [0.15, 0.2) is 12.6 Å². The van der Waals surface area contributed by atoms with Crippen LogP contribution in [0.15, 0.2) is 36.4 Å². The predicted molar refractivity (Wildman–Crippen MR) is 387 cm³/mol. The molecule has 522 valence electrons. The summed E-state index contributed by atoms with van der Waals surface area (Å²) in [6.07, 6.45) is 50.2. The molecule has 0 unspecified atom stereocenters. The molecule has 2 fully saturated rings. The third-order valence-corrected chi connectivity index (χ3v) is 17.9. The number of hydrogen-bond donors (Lipinski definition) is 0. The molecule has 0 bridgehead atoms. The Kier molecular flexibility index (Phi) is 40.6. The fourth-order valence-electron chi connectivity index (χ4n) is 11.9. The largest absolute Gasteiger partial charge is 0.493 e. The van der Waals surface area contributed by atoms with Crippen LogP contribution in [-0.4, -0.2) is 66.1 Å².